The topological polar surface area (TPSA) is 81.7 Å². The van der Waals surface area contributed by atoms with Gasteiger partial charge in [0, 0.05) is 27.9 Å². The monoisotopic (exact) mass is 417 g/mol. The fourth-order valence-electron chi connectivity index (χ4n) is 4.15. The second-order valence-corrected chi connectivity index (χ2v) is 7.74. The first kappa shape index (κ1) is 21.1. The molecule has 0 fully saturated rings. The lowest BCUT2D eigenvalue weighted by atomic mass is 9.69. The molecule has 0 radical (unpaired) electrons. The summed E-state index contributed by atoms with van der Waals surface area (Å²) in [7, 11) is 1.27. The van der Waals surface area contributed by atoms with Gasteiger partial charge in [-0.2, -0.15) is 0 Å². The maximum atomic E-state index is 13.5. The van der Waals surface area contributed by atoms with E-state index in [-0.39, 0.29) is 18.3 Å². The molecule has 0 unspecified atom stereocenters. The smallest absolute Gasteiger partial charge is 0.336 e. The number of methoxy groups -OCH3 is 1. The van der Waals surface area contributed by atoms with Crippen molar-refractivity contribution in [2.45, 2.75) is 33.1 Å². The van der Waals surface area contributed by atoms with Gasteiger partial charge in [-0.05, 0) is 43.9 Å². The van der Waals surface area contributed by atoms with Gasteiger partial charge < -0.3 is 14.8 Å². The lowest BCUT2D eigenvalue weighted by Crippen LogP contribution is -2.43. The van der Waals surface area contributed by atoms with Crippen molar-refractivity contribution in [1.29, 1.82) is 0 Å². The Morgan fingerprint density at radius 1 is 1.24 bits per heavy atom. The zero-order valence-corrected chi connectivity index (χ0v) is 17.6. The number of rotatable bonds is 4. The van der Waals surface area contributed by atoms with Gasteiger partial charge in [-0.15, -0.1) is 0 Å². The molecule has 0 bridgehead atoms. The van der Waals surface area contributed by atoms with Crippen molar-refractivity contribution in [2.24, 2.45) is 11.8 Å². The van der Waals surface area contributed by atoms with E-state index in [0.717, 1.165) is 11.3 Å². The summed E-state index contributed by atoms with van der Waals surface area (Å²) in [6.07, 6.45) is 0.498. The normalized spacial score (nSPS) is 24.0. The van der Waals surface area contributed by atoms with Crippen LogP contribution in [0.1, 0.15) is 38.7 Å². The molecule has 6 nitrogen and oxygen atoms in total. The van der Waals surface area contributed by atoms with E-state index in [1.807, 2.05) is 6.92 Å². The van der Waals surface area contributed by atoms with Crippen LogP contribution in [0.15, 0.2) is 46.8 Å². The Balaban J connectivity index is 2.18. The minimum atomic E-state index is -0.905. The molecule has 0 saturated heterocycles. The fourth-order valence-corrected chi connectivity index (χ4v) is 4.27. The van der Waals surface area contributed by atoms with Crippen molar-refractivity contribution >= 4 is 29.3 Å². The van der Waals surface area contributed by atoms with Gasteiger partial charge in [0.1, 0.15) is 5.92 Å². The van der Waals surface area contributed by atoms with Gasteiger partial charge in [-0.25, -0.2) is 4.79 Å². The molecule has 1 aliphatic heterocycles. The van der Waals surface area contributed by atoms with Gasteiger partial charge in [-0.1, -0.05) is 30.7 Å². The Morgan fingerprint density at radius 2 is 1.90 bits per heavy atom. The van der Waals surface area contributed by atoms with E-state index in [1.54, 1.807) is 38.1 Å². The molecular formula is C22H24ClNO5. The Kier molecular flexibility index (Phi) is 6.13. The molecule has 29 heavy (non-hydrogen) atoms. The summed E-state index contributed by atoms with van der Waals surface area (Å²) in [5.41, 5.74) is 2.87. The van der Waals surface area contributed by atoms with Crippen LogP contribution in [0.3, 0.4) is 0 Å². The first-order chi connectivity index (χ1) is 13.8. The van der Waals surface area contributed by atoms with Crippen molar-refractivity contribution in [3.63, 3.8) is 0 Å². The first-order valence-corrected chi connectivity index (χ1v) is 9.93. The molecule has 1 aliphatic carbocycles. The lowest BCUT2D eigenvalue weighted by Gasteiger charge is -2.38. The lowest BCUT2D eigenvalue weighted by molar-refractivity contribution is -0.151. The van der Waals surface area contributed by atoms with E-state index >= 15 is 0 Å². The van der Waals surface area contributed by atoms with E-state index in [4.69, 9.17) is 21.1 Å². The van der Waals surface area contributed by atoms with Crippen LogP contribution in [0.4, 0.5) is 0 Å². The molecule has 0 amide bonds. The molecule has 2 aliphatic rings. The molecule has 1 N–H and O–H groups in total. The number of halogens is 1. The minimum absolute atomic E-state index is 0.213. The zero-order valence-electron chi connectivity index (χ0n) is 16.9. The van der Waals surface area contributed by atoms with Crippen LogP contribution >= 0.6 is 11.6 Å². The summed E-state index contributed by atoms with van der Waals surface area (Å²) in [4.78, 5) is 38.6. The number of ketones is 1. The van der Waals surface area contributed by atoms with E-state index in [1.165, 1.54) is 7.11 Å². The summed E-state index contributed by atoms with van der Waals surface area (Å²) in [5.74, 6) is -3.15. The van der Waals surface area contributed by atoms with Crippen LogP contribution in [-0.4, -0.2) is 31.4 Å². The van der Waals surface area contributed by atoms with Crippen molar-refractivity contribution in [2.75, 3.05) is 13.7 Å². The van der Waals surface area contributed by atoms with Crippen molar-refractivity contribution < 1.29 is 23.9 Å². The first-order valence-electron chi connectivity index (χ1n) is 9.55. The molecule has 1 aromatic rings. The number of Topliss-reactive ketones (excluding diaryl/α,β-unsaturated/α-hetero) is 1. The minimum Gasteiger partial charge on any atom is -0.468 e. The summed E-state index contributed by atoms with van der Waals surface area (Å²) in [5, 5.41) is 3.76. The molecule has 1 heterocycles. The SMILES string of the molecule is CCOC(=O)C1=C(C)NC2=C(C(=O)[C@@H](C(=O)OC)[C@@H](C)C2)[C@@H]1c1ccc(Cl)cc1. The van der Waals surface area contributed by atoms with Crippen LogP contribution in [0.25, 0.3) is 0 Å². The number of esters is 2. The number of ether oxygens (including phenoxy) is 2. The maximum Gasteiger partial charge on any atom is 0.336 e. The van der Waals surface area contributed by atoms with Crippen LogP contribution in [0.2, 0.25) is 5.02 Å². The van der Waals surface area contributed by atoms with Gasteiger partial charge >= 0.3 is 11.9 Å². The average molecular weight is 418 g/mol. The number of hydrogen-bond donors (Lipinski definition) is 1. The molecule has 3 atom stereocenters. The van der Waals surface area contributed by atoms with Gasteiger partial charge in [0.25, 0.3) is 0 Å². The number of allylic oxidation sites excluding steroid dienone is 3. The Morgan fingerprint density at radius 3 is 2.48 bits per heavy atom. The highest BCUT2D eigenvalue weighted by molar-refractivity contribution is 6.30. The van der Waals surface area contributed by atoms with Gasteiger partial charge in [0.15, 0.2) is 5.78 Å². The predicted octanol–water partition coefficient (Wildman–Crippen LogP) is 3.52. The van der Waals surface area contributed by atoms with Crippen LogP contribution < -0.4 is 5.32 Å². The predicted molar refractivity (Wildman–Crippen MR) is 108 cm³/mol. The molecule has 3 rings (SSSR count). The Bertz CT molecular complexity index is 916. The molecule has 7 heteroatoms. The van der Waals surface area contributed by atoms with E-state index in [9.17, 15) is 14.4 Å². The Labute approximate surface area is 174 Å². The average Bonchev–Trinajstić information content (AvgIpc) is 2.67. The van der Waals surface area contributed by atoms with Crippen LogP contribution in [0.5, 0.6) is 0 Å². The maximum absolute atomic E-state index is 13.5. The van der Waals surface area contributed by atoms with Crippen LogP contribution in [0, 0.1) is 11.8 Å². The summed E-state index contributed by atoms with van der Waals surface area (Å²) in [6.45, 7) is 5.58. The molecule has 1 aromatic carbocycles. The third-order valence-electron chi connectivity index (χ3n) is 5.44. The highest BCUT2D eigenvalue weighted by atomic mass is 35.5. The highest BCUT2D eigenvalue weighted by Crippen LogP contribution is 2.45. The van der Waals surface area contributed by atoms with Gasteiger partial charge in [0.05, 0.1) is 19.3 Å². The second kappa shape index (κ2) is 8.41. The molecule has 0 aromatic heterocycles. The van der Waals surface area contributed by atoms with E-state index in [0.29, 0.717) is 28.3 Å². The van der Waals surface area contributed by atoms with Crippen molar-refractivity contribution in [3.05, 3.63) is 57.4 Å². The van der Waals surface area contributed by atoms with Gasteiger partial charge in [0.2, 0.25) is 0 Å². The molecule has 0 spiro atoms. The van der Waals surface area contributed by atoms with Crippen LogP contribution in [-0.2, 0) is 23.9 Å². The number of dihydropyridines is 1. The number of carbonyl (C=O) groups excluding carboxylic acids is 3. The summed E-state index contributed by atoms with van der Waals surface area (Å²) >= 11 is 6.04. The molecule has 0 saturated carbocycles. The highest BCUT2D eigenvalue weighted by Gasteiger charge is 2.47. The quantitative estimate of drug-likeness (QED) is 0.596. The molecular weight excluding hydrogens is 394 g/mol. The van der Waals surface area contributed by atoms with Crippen molar-refractivity contribution in [1.82, 2.24) is 5.32 Å². The third kappa shape index (κ3) is 3.81. The standard InChI is InChI=1S/C22H24ClNO5/c1-5-29-22(27)17-12(3)24-15-10-11(2)16(21(26)28-4)20(25)19(15)18(17)13-6-8-14(23)9-7-13/h6-9,11,16,18,24H,5,10H2,1-4H3/t11-,16-,18+/m0/s1. The number of hydrogen-bond acceptors (Lipinski definition) is 6. The molecule has 154 valence electrons. The van der Waals surface area contributed by atoms with E-state index in [2.05, 4.69) is 5.32 Å². The number of nitrogens with one attached hydrogen (secondary N) is 1. The summed E-state index contributed by atoms with van der Waals surface area (Å²) < 4.78 is 10.1. The number of carbonyl (C=O) groups is 3. The number of benzene rings is 1. The Hall–Kier alpha value is -2.60. The fraction of sp³-hybridized carbons (Fsp3) is 0.409. The third-order valence-corrected chi connectivity index (χ3v) is 5.69. The van der Waals surface area contributed by atoms with Crippen molar-refractivity contribution in [3.8, 4) is 0 Å². The largest absolute Gasteiger partial charge is 0.468 e. The summed E-state index contributed by atoms with van der Waals surface area (Å²) in [6, 6.07) is 7.00. The second-order valence-electron chi connectivity index (χ2n) is 7.31. The van der Waals surface area contributed by atoms with E-state index < -0.39 is 23.8 Å². The van der Waals surface area contributed by atoms with Gasteiger partial charge in [-0.3, -0.25) is 9.59 Å². The zero-order chi connectivity index (χ0) is 21.3.